The molecular formula is C13H22N2O3S. The van der Waals surface area contributed by atoms with Crippen molar-refractivity contribution in [3.63, 3.8) is 0 Å². The van der Waals surface area contributed by atoms with E-state index in [2.05, 4.69) is 4.72 Å². The molecule has 0 amide bonds. The molecule has 0 saturated heterocycles. The molecule has 0 saturated carbocycles. The van der Waals surface area contributed by atoms with Crippen LogP contribution in [0.2, 0.25) is 0 Å². The lowest BCUT2D eigenvalue weighted by Gasteiger charge is -2.19. The van der Waals surface area contributed by atoms with E-state index in [9.17, 15) is 8.42 Å². The average molecular weight is 286 g/mol. The van der Waals surface area contributed by atoms with E-state index in [1.54, 1.807) is 18.2 Å². The summed E-state index contributed by atoms with van der Waals surface area (Å²) in [5.74, 6) is 0.318. The maximum absolute atomic E-state index is 12.3. The van der Waals surface area contributed by atoms with Crippen LogP contribution in [0.5, 0.6) is 5.75 Å². The SMILES string of the molecule is COc1ccc(CN)cc1S(=O)(=O)NCC(C)(C)C. The van der Waals surface area contributed by atoms with E-state index >= 15 is 0 Å². The second-order valence-corrected chi connectivity index (χ2v) is 7.31. The van der Waals surface area contributed by atoms with Crippen LogP contribution < -0.4 is 15.2 Å². The molecule has 0 radical (unpaired) electrons. The summed E-state index contributed by atoms with van der Waals surface area (Å²) in [5.41, 5.74) is 6.15. The number of nitrogens with two attached hydrogens (primary N) is 1. The molecule has 0 aliphatic heterocycles. The molecule has 0 bridgehead atoms. The van der Waals surface area contributed by atoms with Gasteiger partial charge in [0.15, 0.2) is 0 Å². The molecule has 5 nitrogen and oxygen atoms in total. The number of hydrogen-bond acceptors (Lipinski definition) is 4. The highest BCUT2D eigenvalue weighted by molar-refractivity contribution is 7.89. The topological polar surface area (TPSA) is 81.4 Å². The third kappa shape index (κ3) is 4.49. The molecule has 0 atom stereocenters. The monoisotopic (exact) mass is 286 g/mol. The van der Waals surface area contributed by atoms with Gasteiger partial charge in [0.1, 0.15) is 10.6 Å². The zero-order valence-electron chi connectivity index (χ0n) is 11.9. The van der Waals surface area contributed by atoms with Crippen molar-refractivity contribution in [2.75, 3.05) is 13.7 Å². The normalized spacial score (nSPS) is 12.5. The Morgan fingerprint density at radius 1 is 1.32 bits per heavy atom. The first-order valence-corrected chi connectivity index (χ1v) is 7.54. The largest absolute Gasteiger partial charge is 0.495 e. The van der Waals surface area contributed by atoms with Gasteiger partial charge in [0.2, 0.25) is 10.0 Å². The number of nitrogens with one attached hydrogen (secondary N) is 1. The minimum absolute atomic E-state index is 0.127. The van der Waals surface area contributed by atoms with Crippen LogP contribution in [0.15, 0.2) is 23.1 Å². The summed E-state index contributed by atoms with van der Waals surface area (Å²) in [6.07, 6.45) is 0. The van der Waals surface area contributed by atoms with Crippen molar-refractivity contribution in [3.05, 3.63) is 23.8 Å². The minimum Gasteiger partial charge on any atom is -0.495 e. The Morgan fingerprint density at radius 3 is 2.42 bits per heavy atom. The van der Waals surface area contributed by atoms with Crippen LogP contribution in [-0.2, 0) is 16.6 Å². The standard InChI is InChI=1S/C13H22N2O3S/c1-13(2,3)9-15-19(16,17)12-7-10(8-14)5-6-11(12)18-4/h5-7,15H,8-9,14H2,1-4H3. The molecule has 0 heterocycles. The Bertz CT molecular complexity index is 533. The first-order chi connectivity index (χ1) is 8.69. The maximum Gasteiger partial charge on any atom is 0.244 e. The van der Waals surface area contributed by atoms with Gasteiger partial charge in [-0.25, -0.2) is 13.1 Å². The van der Waals surface area contributed by atoms with Crippen molar-refractivity contribution in [1.82, 2.24) is 4.72 Å². The number of hydrogen-bond donors (Lipinski definition) is 2. The lowest BCUT2D eigenvalue weighted by atomic mass is 9.98. The molecule has 19 heavy (non-hydrogen) atoms. The summed E-state index contributed by atoms with van der Waals surface area (Å²) < 4.78 is 32.3. The Balaban J connectivity index is 3.12. The zero-order valence-corrected chi connectivity index (χ0v) is 12.7. The van der Waals surface area contributed by atoms with E-state index in [-0.39, 0.29) is 16.9 Å². The third-order valence-corrected chi connectivity index (χ3v) is 3.97. The molecule has 1 rings (SSSR count). The molecule has 0 aromatic heterocycles. The van der Waals surface area contributed by atoms with Gasteiger partial charge in [-0.1, -0.05) is 26.8 Å². The molecule has 108 valence electrons. The highest BCUT2D eigenvalue weighted by Crippen LogP contribution is 2.25. The van der Waals surface area contributed by atoms with Crippen molar-refractivity contribution < 1.29 is 13.2 Å². The molecule has 1 aromatic rings. The molecule has 0 spiro atoms. The second-order valence-electron chi connectivity index (χ2n) is 5.57. The predicted molar refractivity (Wildman–Crippen MR) is 75.5 cm³/mol. The van der Waals surface area contributed by atoms with Gasteiger partial charge in [-0.15, -0.1) is 0 Å². The van der Waals surface area contributed by atoms with Crippen LogP contribution >= 0.6 is 0 Å². The number of ether oxygens (including phenoxy) is 1. The zero-order chi connectivity index (χ0) is 14.7. The predicted octanol–water partition coefficient (Wildman–Crippen LogP) is 1.48. The summed E-state index contributed by atoms with van der Waals surface area (Å²) in [6.45, 7) is 6.52. The first-order valence-electron chi connectivity index (χ1n) is 6.06. The highest BCUT2D eigenvalue weighted by Gasteiger charge is 2.22. The Labute approximate surface area is 115 Å². The lowest BCUT2D eigenvalue weighted by molar-refractivity contribution is 0.396. The number of rotatable bonds is 5. The fourth-order valence-electron chi connectivity index (χ4n) is 1.45. The fraction of sp³-hybridized carbons (Fsp3) is 0.538. The van der Waals surface area contributed by atoms with Crippen LogP contribution in [0, 0.1) is 5.41 Å². The van der Waals surface area contributed by atoms with E-state index in [4.69, 9.17) is 10.5 Å². The maximum atomic E-state index is 12.3. The summed E-state index contributed by atoms with van der Waals surface area (Å²) in [6, 6.07) is 4.92. The van der Waals surface area contributed by atoms with Gasteiger partial charge >= 0.3 is 0 Å². The van der Waals surface area contributed by atoms with Crippen LogP contribution in [0.25, 0.3) is 0 Å². The van der Waals surface area contributed by atoms with Crippen LogP contribution in [0.1, 0.15) is 26.3 Å². The average Bonchev–Trinajstić information content (AvgIpc) is 2.35. The van der Waals surface area contributed by atoms with Crippen molar-refractivity contribution in [1.29, 1.82) is 0 Å². The van der Waals surface area contributed by atoms with Crippen molar-refractivity contribution in [2.24, 2.45) is 11.1 Å². The molecule has 0 aliphatic carbocycles. The summed E-state index contributed by atoms with van der Waals surface area (Å²) in [5, 5.41) is 0. The van der Waals surface area contributed by atoms with Gasteiger partial charge in [-0.3, -0.25) is 0 Å². The van der Waals surface area contributed by atoms with E-state index in [0.717, 1.165) is 5.56 Å². The Hall–Kier alpha value is -1.11. The van der Waals surface area contributed by atoms with Crippen molar-refractivity contribution >= 4 is 10.0 Å². The Morgan fingerprint density at radius 2 is 1.95 bits per heavy atom. The second kappa shape index (κ2) is 5.90. The molecule has 0 aliphatic rings. The van der Waals surface area contributed by atoms with Crippen LogP contribution in [-0.4, -0.2) is 22.1 Å². The number of sulfonamides is 1. The third-order valence-electron chi connectivity index (χ3n) is 2.55. The molecular weight excluding hydrogens is 264 g/mol. The first kappa shape index (κ1) is 15.9. The van der Waals surface area contributed by atoms with Gasteiger partial charge < -0.3 is 10.5 Å². The number of benzene rings is 1. The van der Waals surface area contributed by atoms with Crippen molar-refractivity contribution in [2.45, 2.75) is 32.2 Å². The van der Waals surface area contributed by atoms with E-state index in [0.29, 0.717) is 12.3 Å². The lowest BCUT2D eigenvalue weighted by Crippen LogP contribution is -2.32. The Kier molecular flexibility index (Phi) is 4.95. The molecule has 0 fully saturated rings. The molecule has 0 unspecified atom stereocenters. The van der Waals surface area contributed by atoms with Gasteiger partial charge in [-0.05, 0) is 23.1 Å². The summed E-state index contributed by atoms with van der Waals surface area (Å²) in [7, 11) is -2.15. The van der Waals surface area contributed by atoms with Crippen LogP contribution in [0.3, 0.4) is 0 Å². The molecule has 3 N–H and O–H groups in total. The van der Waals surface area contributed by atoms with E-state index in [1.807, 2.05) is 20.8 Å². The molecule has 1 aromatic carbocycles. The summed E-state index contributed by atoms with van der Waals surface area (Å²) in [4.78, 5) is 0.127. The minimum atomic E-state index is -3.60. The smallest absolute Gasteiger partial charge is 0.244 e. The van der Waals surface area contributed by atoms with Crippen LogP contribution in [0.4, 0.5) is 0 Å². The van der Waals surface area contributed by atoms with Crippen molar-refractivity contribution in [3.8, 4) is 5.75 Å². The highest BCUT2D eigenvalue weighted by atomic mass is 32.2. The number of methoxy groups -OCH3 is 1. The van der Waals surface area contributed by atoms with Gasteiger partial charge in [0, 0.05) is 13.1 Å². The van der Waals surface area contributed by atoms with E-state index in [1.165, 1.54) is 7.11 Å². The quantitative estimate of drug-likeness (QED) is 0.859. The van der Waals surface area contributed by atoms with Gasteiger partial charge in [-0.2, -0.15) is 0 Å². The molecule has 6 heteroatoms. The van der Waals surface area contributed by atoms with Gasteiger partial charge in [0.25, 0.3) is 0 Å². The van der Waals surface area contributed by atoms with Gasteiger partial charge in [0.05, 0.1) is 7.11 Å². The fourth-order valence-corrected chi connectivity index (χ4v) is 2.95. The summed E-state index contributed by atoms with van der Waals surface area (Å²) >= 11 is 0. The van der Waals surface area contributed by atoms with E-state index < -0.39 is 10.0 Å².